The van der Waals surface area contributed by atoms with Crippen LogP contribution < -0.4 is 0 Å². The molecule has 0 spiro atoms. The lowest BCUT2D eigenvalue weighted by molar-refractivity contribution is -0.137. The lowest BCUT2D eigenvalue weighted by atomic mass is 9.84. The third-order valence-corrected chi connectivity index (χ3v) is 11.0. The molecule has 2 aromatic carbocycles. The summed E-state index contributed by atoms with van der Waals surface area (Å²) in [5.41, 5.74) is 3.30. The number of benzene rings is 2. The molecule has 0 aliphatic heterocycles. The molecule has 4 nitrogen and oxygen atoms in total. The highest BCUT2D eigenvalue weighted by Gasteiger charge is 2.29. The maximum atomic E-state index is 12.1. The number of carboxylic acid groups (broad SMARTS) is 2. The van der Waals surface area contributed by atoms with Gasteiger partial charge in [-0.05, 0) is 71.9 Å². The fraction of sp³-hybridized carbons (Fsp3) is 0.500. The van der Waals surface area contributed by atoms with Gasteiger partial charge in [0.25, 0.3) is 0 Å². The molecule has 2 aliphatic carbocycles. The van der Waals surface area contributed by atoms with E-state index in [9.17, 15) is 19.8 Å². The molecule has 0 amide bonds. The molecule has 2 unspecified atom stereocenters. The summed E-state index contributed by atoms with van der Waals surface area (Å²) in [6.45, 7) is 0. The second-order valence-corrected chi connectivity index (χ2v) is 13.2. The largest absolute Gasteiger partial charge is 0.480 e. The van der Waals surface area contributed by atoms with Crippen molar-refractivity contribution in [2.75, 3.05) is 0 Å². The van der Waals surface area contributed by atoms with Crippen LogP contribution in [0.3, 0.4) is 0 Å². The predicted molar refractivity (Wildman–Crippen MR) is 150 cm³/mol. The number of hydrogen-bond donors (Lipinski definition) is 2. The van der Waals surface area contributed by atoms with Gasteiger partial charge in [-0.25, -0.2) is 0 Å². The number of aliphatic carboxylic acids is 2. The van der Waals surface area contributed by atoms with Crippen LogP contribution in [0.1, 0.15) is 109 Å². The summed E-state index contributed by atoms with van der Waals surface area (Å²) in [4.78, 5) is 24.3. The summed E-state index contributed by atoms with van der Waals surface area (Å²) in [5, 5.41) is 19.2. The molecule has 0 heterocycles. The van der Waals surface area contributed by atoms with Gasteiger partial charge in [0.15, 0.2) is 0 Å². The van der Waals surface area contributed by atoms with E-state index in [2.05, 4.69) is 0 Å². The molecule has 0 saturated heterocycles. The molecule has 2 N–H and O–H groups in total. The second kappa shape index (κ2) is 12.9. The summed E-state index contributed by atoms with van der Waals surface area (Å²) < 4.78 is 0. The van der Waals surface area contributed by atoms with Crippen LogP contribution in [0.5, 0.6) is 0 Å². The molecule has 8 heteroatoms. The first-order chi connectivity index (χ1) is 17.3. The van der Waals surface area contributed by atoms with Gasteiger partial charge < -0.3 is 10.2 Å². The maximum Gasteiger partial charge on any atom is 0.322 e. The molecule has 0 aromatic heterocycles. The van der Waals surface area contributed by atoms with Gasteiger partial charge in [0.05, 0.1) is 0 Å². The van der Waals surface area contributed by atoms with Crippen molar-refractivity contribution >= 4 is 56.7 Å². The van der Waals surface area contributed by atoms with Crippen molar-refractivity contribution in [1.29, 1.82) is 0 Å². The quantitative estimate of drug-likeness (QED) is 0.294. The zero-order valence-electron chi connectivity index (χ0n) is 20.1. The molecule has 2 saturated carbocycles. The molecule has 2 aliphatic rings. The molecule has 4 rings (SSSR count). The standard InChI is InChI=1S/C28H32Cl2O4S2/c29-23-15-19(11-13-21(23)17-7-3-1-4-8-17)25(27(31)32)35-36-26(28(33)34)20-12-14-22(24(30)16-20)18-9-5-2-6-10-18/h11-18,25-26H,1-10H2,(H,31,32)(H,33,34). The molecular weight excluding hydrogens is 535 g/mol. The second-order valence-electron chi connectivity index (χ2n) is 9.86. The molecule has 0 radical (unpaired) electrons. The van der Waals surface area contributed by atoms with Gasteiger partial charge in [-0.15, -0.1) is 0 Å². The highest BCUT2D eigenvalue weighted by molar-refractivity contribution is 8.77. The van der Waals surface area contributed by atoms with Gasteiger partial charge in [-0.3, -0.25) is 9.59 Å². The number of halogens is 2. The third kappa shape index (κ3) is 6.75. The van der Waals surface area contributed by atoms with E-state index >= 15 is 0 Å². The van der Waals surface area contributed by atoms with Crippen molar-refractivity contribution in [1.82, 2.24) is 0 Å². The Morgan fingerprint density at radius 2 is 1.03 bits per heavy atom. The monoisotopic (exact) mass is 566 g/mol. The average Bonchev–Trinajstić information content (AvgIpc) is 2.87. The first kappa shape index (κ1) is 27.7. The maximum absolute atomic E-state index is 12.1. The minimum Gasteiger partial charge on any atom is -0.480 e. The zero-order valence-corrected chi connectivity index (χ0v) is 23.3. The van der Waals surface area contributed by atoms with Gasteiger partial charge >= 0.3 is 11.9 Å². The van der Waals surface area contributed by atoms with Gasteiger partial charge in [0.1, 0.15) is 10.5 Å². The van der Waals surface area contributed by atoms with Crippen LogP contribution in [0.15, 0.2) is 36.4 Å². The third-order valence-electron chi connectivity index (χ3n) is 7.44. The topological polar surface area (TPSA) is 74.6 Å². The van der Waals surface area contributed by atoms with E-state index < -0.39 is 22.4 Å². The van der Waals surface area contributed by atoms with Crippen molar-refractivity contribution < 1.29 is 19.8 Å². The van der Waals surface area contributed by atoms with Crippen LogP contribution in [0.25, 0.3) is 0 Å². The van der Waals surface area contributed by atoms with E-state index in [1.165, 1.54) is 38.5 Å². The minimum atomic E-state index is -1.02. The normalized spacial score (nSPS) is 19.1. The molecule has 36 heavy (non-hydrogen) atoms. The number of carboxylic acids is 2. The number of rotatable bonds is 9. The van der Waals surface area contributed by atoms with Crippen molar-refractivity contribution in [3.05, 3.63) is 68.7 Å². The smallest absolute Gasteiger partial charge is 0.322 e. The van der Waals surface area contributed by atoms with Crippen LogP contribution in [-0.2, 0) is 9.59 Å². The Morgan fingerprint density at radius 3 is 1.33 bits per heavy atom. The van der Waals surface area contributed by atoms with E-state index in [-0.39, 0.29) is 0 Å². The van der Waals surface area contributed by atoms with E-state index in [1.54, 1.807) is 12.1 Å². The summed E-state index contributed by atoms with van der Waals surface area (Å²) >= 11 is 13.2. The minimum absolute atomic E-state index is 0.420. The van der Waals surface area contributed by atoms with Gasteiger partial charge in [0.2, 0.25) is 0 Å². The molecule has 2 aromatic rings. The van der Waals surface area contributed by atoms with Crippen molar-refractivity contribution in [3.63, 3.8) is 0 Å². The Bertz CT molecular complexity index is 996. The number of carbonyl (C=O) groups is 2. The Hall–Kier alpha value is -1.34. The molecular formula is C28H32Cl2O4S2. The van der Waals surface area contributed by atoms with E-state index in [1.807, 2.05) is 24.3 Å². The molecule has 194 valence electrons. The fourth-order valence-corrected chi connectivity index (χ4v) is 8.91. The van der Waals surface area contributed by atoms with E-state index in [0.717, 1.165) is 58.4 Å². The Morgan fingerprint density at radius 1 is 0.667 bits per heavy atom. The van der Waals surface area contributed by atoms with Crippen LogP contribution in [0.2, 0.25) is 10.0 Å². The van der Waals surface area contributed by atoms with Crippen LogP contribution in [-0.4, -0.2) is 22.2 Å². The van der Waals surface area contributed by atoms with Crippen LogP contribution in [0.4, 0.5) is 0 Å². The van der Waals surface area contributed by atoms with E-state index in [4.69, 9.17) is 23.2 Å². The van der Waals surface area contributed by atoms with E-state index in [0.29, 0.717) is 33.0 Å². The molecule has 2 atom stereocenters. The SMILES string of the molecule is O=C(O)C(SSC(C(=O)O)c1ccc(C2CCCCC2)c(Cl)c1)c1ccc(C2CCCCC2)c(Cl)c1. The number of hydrogen-bond acceptors (Lipinski definition) is 4. The van der Waals surface area contributed by atoms with Gasteiger partial charge in [-0.1, -0.05) is 108 Å². The summed E-state index contributed by atoms with van der Waals surface area (Å²) in [6, 6.07) is 11.0. The lowest BCUT2D eigenvalue weighted by Gasteiger charge is -2.24. The molecule has 0 bridgehead atoms. The lowest BCUT2D eigenvalue weighted by Crippen LogP contribution is -2.11. The summed E-state index contributed by atoms with van der Waals surface area (Å²) in [7, 11) is 2.07. The Labute approximate surface area is 230 Å². The zero-order chi connectivity index (χ0) is 25.7. The van der Waals surface area contributed by atoms with Crippen molar-refractivity contribution in [3.8, 4) is 0 Å². The first-order valence-electron chi connectivity index (χ1n) is 12.7. The van der Waals surface area contributed by atoms with Gasteiger partial charge in [-0.2, -0.15) is 0 Å². The van der Waals surface area contributed by atoms with Crippen LogP contribution in [0, 0.1) is 0 Å². The van der Waals surface area contributed by atoms with Gasteiger partial charge in [0, 0.05) is 10.0 Å². The fourth-order valence-electron chi connectivity index (χ4n) is 5.49. The Kier molecular flexibility index (Phi) is 9.96. The van der Waals surface area contributed by atoms with Crippen molar-refractivity contribution in [2.45, 2.75) is 86.5 Å². The van der Waals surface area contributed by atoms with Crippen LogP contribution >= 0.6 is 44.8 Å². The van der Waals surface area contributed by atoms with Crippen molar-refractivity contribution in [2.24, 2.45) is 0 Å². The highest BCUT2D eigenvalue weighted by Crippen LogP contribution is 2.48. The highest BCUT2D eigenvalue weighted by atomic mass is 35.5. The Balaban J connectivity index is 1.49. The molecule has 2 fully saturated rings. The summed E-state index contributed by atoms with van der Waals surface area (Å²) in [5.74, 6) is -1.21. The predicted octanol–water partition coefficient (Wildman–Crippen LogP) is 9.42. The average molecular weight is 568 g/mol. The first-order valence-corrected chi connectivity index (χ1v) is 15.7. The summed E-state index contributed by atoms with van der Waals surface area (Å²) in [6.07, 6.45) is 11.7.